The quantitative estimate of drug-likeness (QED) is 0.465. The molecular formula is C10H18N2O6. The van der Waals surface area contributed by atoms with Crippen LogP contribution in [0.3, 0.4) is 0 Å². The fourth-order valence-electron chi connectivity index (χ4n) is 1.69. The third-order valence-corrected chi connectivity index (χ3v) is 2.71. The second-order valence-corrected chi connectivity index (χ2v) is 3.96. The van der Waals surface area contributed by atoms with E-state index in [0.717, 1.165) is 0 Å². The normalized spacial score (nSPS) is 21.4. The van der Waals surface area contributed by atoms with Crippen LogP contribution in [0.4, 0.5) is 4.79 Å². The van der Waals surface area contributed by atoms with E-state index >= 15 is 0 Å². The predicted octanol–water partition coefficient (Wildman–Crippen LogP) is -1.78. The molecule has 2 unspecified atom stereocenters. The molecule has 0 radical (unpaired) electrons. The number of aliphatic carboxylic acids is 1. The van der Waals surface area contributed by atoms with Crippen LogP contribution < -0.4 is 5.32 Å². The van der Waals surface area contributed by atoms with E-state index in [1.54, 1.807) is 0 Å². The molecule has 1 aliphatic rings. The number of nitrogens with one attached hydrogen (secondary N) is 1. The number of carboxylic acids is 1. The average Bonchev–Trinajstić information content (AvgIpc) is 2.37. The number of nitrogens with zero attached hydrogens (tertiary/aromatic N) is 1. The van der Waals surface area contributed by atoms with Crippen LogP contribution in [0.5, 0.6) is 0 Å². The smallest absolute Gasteiger partial charge is 0.326 e. The lowest BCUT2D eigenvalue weighted by Crippen LogP contribution is -2.56. The molecule has 0 aromatic carbocycles. The minimum Gasteiger partial charge on any atom is -0.480 e. The van der Waals surface area contributed by atoms with Crippen LogP contribution in [-0.4, -0.2) is 77.3 Å². The first-order valence-electron chi connectivity index (χ1n) is 5.69. The Bertz CT molecular complexity index is 298. The second-order valence-electron chi connectivity index (χ2n) is 3.96. The van der Waals surface area contributed by atoms with Crippen molar-refractivity contribution in [2.24, 2.45) is 0 Å². The summed E-state index contributed by atoms with van der Waals surface area (Å²) in [6, 6.07) is -2.18. The molecule has 1 fully saturated rings. The molecule has 2 atom stereocenters. The Balaban J connectivity index is 2.58. The molecule has 4 N–H and O–H groups in total. The molecule has 1 saturated heterocycles. The number of hydrogen-bond acceptors (Lipinski definition) is 5. The summed E-state index contributed by atoms with van der Waals surface area (Å²) < 4.78 is 5.12. The molecule has 0 spiro atoms. The monoisotopic (exact) mass is 262 g/mol. The molecule has 2 amide bonds. The maximum atomic E-state index is 11.9. The van der Waals surface area contributed by atoms with Crippen LogP contribution >= 0.6 is 0 Å². The summed E-state index contributed by atoms with van der Waals surface area (Å²) in [5.74, 6) is -1.20. The van der Waals surface area contributed by atoms with Gasteiger partial charge in [0.1, 0.15) is 6.04 Å². The van der Waals surface area contributed by atoms with Crippen molar-refractivity contribution in [2.75, 3.05) is 33.0 Å². The Hall–Kier alpha value is -1.38. The van der Waals surface area contributed by atoms with Crippen LogP contribution in [0.15, 0.2) is 0 Å². The van der Waals surface area contributed by atoms with Gasteiger partial charge in [-0.05, 0) is 0 Å². The van der Waals surface area contributed by atoms with Gasteiger partial charge >= 0.3 is 12.0 Å². The third kappa shape index (κ3) is 3.83. The number of hydrogen-bond donors (Lipinski definition) is 4. The largest absolute Gasteiger partial charge is 0.480 e. The van der Waals surface area contributed by atoms with E-state index in [0.29, 0.717) is 13.2 Å². The highest BCUT2D eigenvalue weighted by molar-refractivity contribution is 5.82. The topological polar surface area (TPSA) is 119 Å². The Morgan fingerprint density at radius 2 is 2.17 bits per heavy atom. The van der Waals surface area contributed by atoms with Gasteiger partial charge in [0.15, 0.2) is 0 Å². The molecule has 18 heavy (non-hydrogen) atoms. The van der Waals surface area contributed by atoms with Gasteiger partial charge in [-0.25, -0.2) is 9.59 Å². The molecule has 8 heteroatoms. The highest BCUT2D eigenvalue weighted by Crippen LogP contribution is 2.07. The Kier molecular flexibility index (Phi) is 5.83. The van der Waals surface area contributed by atoms with Crippen molar-refractivity contribution >= 4 is 12.0 Å². The van der Waals surface area contributed by atoms with Gasteiger partial charge < -0.3 is 30.3 Å². The number of ether oxygens (including phenoxy) is 1. The van der Waals surface area contributed by atoms with Crippen molar-refractivity contribution in [2.45, 2.75) is 18.5 Å². The molecule has 1 heterocycles. The lowest BCUT2D eigenvalue weighted by molar-refractivity contribution is -0.139. The number of rotatable bonds is 5. The van der Waals surface area contributed by atoms with Gasteiger partial charge in [-0.15, -0.1) is 0 Å². The van der Waals surface area contributed by atoms with Crippen molar-refractivity contribution in [1.82, 2.24) is 10.2 Å². The van der Waals surface area contributed by atoms with Crippen molar-refractivity contribution in [1.29, 1.82) is 0 Å². The summed E-state index contributed by atoms with van der Waals surface area (Å²) in [4.78, 5) is 24.0. The predicted molar refractivity (Wildman–Crippen MR) is 60.1 cm³/mol. The number of carbonyl (C=O) groups is 2. The van der Waals surface area contributed by atoms with Gasteiger partial charge in [-0.1, -0.05) is 0 Å². The number of amides is 2. The number of carbonyl (C=O) groups excluding carboxylic acids is 1. The van der Waals surface area contributed by atoms with Crippen LogP contribution in [0.1, 0.15) is 6.42 Å². The van der Waals surface area contributed by atoms with E-state index in [2.05, 4.69) is 5.32 Å². The minimum atomic E-state index is -1.20. The zero-order valence-corrected chi connectivity index (χ0v) is 9.91. The van der Waals surface area contributed by atoms with Crippen molar-refractivity contribution in [3.63, 3.8) is 0 Å². The number of urea groups is 1. The maximum absolute atomic E-state index is 11.9. The summed E-state index contributed by atoms with van der Waals surface area (Å²) in [6.07, 6.45) is -0.0603. The van der Waals surface area contributed by atoms with Crippen molar-refractivity contribution in [3.05, 3.63) is 0 Å². The van der Waals surface area contributed by atoms with Gasteiger partial charge in [0.25, 0.3) is 0 Å². The van der Waals surface area contributed by atoms with Crippen molar-refractivity contribution in [3.8, 4) is 0 Å². The Morgan fingerprint density at radius 1 is 1.44 bits per heavy atom. The molecule has 0 bridgehead atoms. The highest BCUT2D eigenvalue weighted by Gasteiger charge is 2.29. The lowest BCUT2D eigenvalue weighted by Gasteiger charge is -2.35. The number of aliphatic hydroxyl groups excluding tert-OH is 2. The lowest BCUT2D eigenvalue weighted by atomic mass is 10.2. The van der Waals surface area contributed by atoms with E-state index in [-0.39, 0.29) is 26.2 Å². The molecule has 8 nitrogen and oxygen atoms in total. The highest BCUT2D eigenvalue weighted by atomic mass is 16.5. The number of aliphatic hydroxyl groups is 2. The first kappa shape index (κ1) is 14.7. The standard InChI is InChI=1S/C10H18N2O6/c13-3-1-8(9(15)16)11-10(17)12-2-4-18-6-7(12)5-14/h7-8,13-14H,1-6H2,(H,11,17)(H,15,16). The summed E-state index contributed by atoms with van der Waals surface area (Å²) in [7, 11) is 0. The summed E-state index contributed by atoms with van der Waals surface area (Å²) in [5, 5.41) is 29.0. The molecule has 0 saturated carbocycles. The van der Waals surface area contributed by atoms with Gasteiger partial charge in [0.05, 0.1) is 25.9 Å². The van der Waals surface area contributed by atoms with E-state index < -0.39 is 24.1 Å². The van der Waals surface area contributed by atoms with E-state index in [1.807, 2.05) is 0 Å². The molecule has 1 aliphatic heterocycles. The molecule has 1 rings (SSSR count). The zero-order valence-electron chi connectivity index (χ0n) is 9.91. The van der Waals surface area contributed by atoms with Crippen LogP contribution in [-0.2, 0) is 9.53 Å². The Morgan fingerprint density at radius 3 is 2.72 bits per heavy atom. The molecule has 0 aromatic rings. The molecule has 0 aliphatic carbocycles. The van der Waals surface area contributed by atoms with E-state index in [4.69, 9.17) is 20.1 Å². The minimum absolute atomic E-state index is 0.0603. The fraction of sp³-hybridized carbons (Fsp3) is 0.800. The van der Waals surface area contributed by atoms with Gasteiger partial charge in [-0.3, -0.25) is 0 Å². The first-order valence-corrected chi connectivity index (χ1v) is 5.69. The number of carboxylic acid groups (broad SMARTS) is 1. The summed E-state index contributed by atoms with van der Waals surface area (Å²) >= 11 is 0. The Labute approximate surface area is 104 Å². The third-order valence-electron chi connectivity index (χ3n) is 2.71. The van der Waals surface area contributed by atoms with Crippen LogP contribution in [0.2, 0.25) is 0 Å². The molecule has 0 aromatic heterocycles. The summed E-state index contributed by atoms with van der Waals surface area (Å²) in [6.45, 7) is 0.292. The average molecular weight is 262 g/mol. The fourth-order valence-corrected chi connectivity index (χ4v) is 1.69. The van der Waals surface area contributed by atoms with Crippen LogP contribution in [0.25, 0.3) is 0 Å². The molecule has 104 valence electrons. The van der Waals surface area contributed by atoms with E-state index in [9.17, 15) is 9.59 Å². The zero-order chi connectivity index (χ0) is 13.5. The number of morpholine rings is 1. The summed E-state index contributed by atoms with van der Waals surface area (Å²) in [5.41, 5.74) is 0. The maximum Gasteiger partial charge on any atom is 0.326 e. The van der Waals surface area contributed by atoms with E-state index in [1.165, 1.54) is 4.90 Å². The van der Waals surface area contributed by atoms with Gasteiger partial charge in [-0.2, -0.15) is 0 Å². The first-order chi connectivity index (χ1) is 8.60. The van der Waals surface area contributed by atoms with Crippen molar-refractivity contribution < 1.29 is 29.6 Å². The van der Waals surface area contributed by atoms with Gasteiger partial charge in [0, 0.05) is 19.6 Å². The SMILES string of the molecule is O=C(O)C(CCO)NC(=O)N1CCOCC1CO. The van der Waals surface area contributed by atoms with Gasteiger partial charge in [0.2, 0.25) is 0 Å². The van der Waals surface area contributed by atoms with Crippen LogP contribution in [0, 0.1) is 0 Å². The molecular weight excluding hydrogens is 244 g/mol. The second kappa shape index (κ2) is 7.14.